The summed E-state index contributed by atoms with van der Waals surface area (Å²) in [6, 6.07) is 15.3. The largest absolute Gasteiger partial charge is 0.496 e. The summed E-state index contributed by atoms with van der Waals surface area (Å²) in [5, 5.41) is 10.4. The predicted molar refractivity (Wildman–Crippen MR) is 80.8 cm³/mol. The molecule has 0 bridgehead atoms. The first-order chi connectivity index (χ1) is 9.61. The lowest BCUT2D eigenvalue weighted by atomic mass is 9.96. The Balaban J connectivity index is 2.10. The number of aryl methyl sites for hydroxylation is 1. The Bertz CT molecular complexity index is 554. The summed E-state index contributed by atoms with van der Waals surface area (Å²) in [4.78, 5) is 0. The van der Waals surface area contributed by atoms with Crippen molar-refractivity contribution in [2.24, 2.45) is 5.73 Å². The number of aliphatic hydroxyl groups excluding tert-OH is 1. The summed E-state index contributed by atoms with van der Waals surface area (Å²) in [5.41, 5.74) is 9.07. The second-order valence-electron chi connectivity index (χ2n) is 5.03. The highest BCUT2D eigenvalue weighted by atomic mass is 16.5. The molecule has 0 saturated heterocycles. The minimum Gasteiger partial charge on any atom is -0.496 e. The molecular formula is C17H21NO2. The minimum atomic E-state index is -0.681. The number of methoxy groups -OCH3 is 1. The lowest BCUT2D eigenvalue weighted by Crippen LogP contribution is -2.30. The van der Waals surface area contributed by atoms with Crippen LogP contribution in [0, 0.1) is 6.92 Å². The van der Waals surface area contributed by atoms with Gasteiger partial charge in [-0.15, -0.1) is 0 Å². The average Bonchev–Trinajstić information content (AvgIpc) is 2.47. The van der Waals surface area contributed by atoms with Crippen molar-refractivity contribution in [3.63, 3.8) is 0 Å². The summed E-state index contributed by atoms with van der Waals surface area (Å²) < 4.78 is 5.22. The Morgan fingerprint density at radius 2 is 1.85 bits per heavy atom. The highest BCUT2D eigenvalue weighted by molar-refractivity contribution is 5.37. The van der Waals surface area contributed by atoms with E-state index < -0.39 is 6.10 Å². The van der Waals surface area contributed by atoms with Gasteiger partial charge in [-0.1, -0.05) is 36.4 Å². The van der Waals surface area contributed by atoms with E-state index in [4.69, 9.17) is 10.5 Å². The van der Waals surface area contributed by atoms with Crippen molar-refractivity contribution in [1.29, 1.82) is 0 Å². The molecule has 0 radical (unpaired) electrons. The van der Waals surface area contributed by atoms with Crippen LogP contribution in [-0.4, -0.2) is 18.3 Å². The highest BCUT2D eigenvalue weighted by Gasteiger charge is 2.18. The molecule has 2 aromatic rings. The Hall–Kier alpha value is -1.84. The molecular weight excluding hydrogens is 250 g/mol. The smallest absolute Gasteiger partial charge is 0.121 e. The summed E-state index contributed by atoms with van der Waals surface area (Å²) in [5.74, 6) is 0.817. The molecule has 2 atom stereocenters. The van der Waals surface area contributed by atoms with Gasteiger partial charge in [-0.25, -0.2) is 0 Å². The number of rotatable bonds is 5. The van der Waals surface area contributed by atoms with Crippen LogP contribution in [-0.2, 0) is 6.42 Å². The molecule has 3 heteroatoms. The average molecular weight is 271 g/mol. The minimum absolute atomic E-state index is 0.329. The molecule has 0 amide bonds. The van der Waals surface area contributed by atoms with Gasteiger partial charge in [-0.2, -0.15) is 0 Å². The lowest BCUT2D eigenvalue weighted by Gasteiger charge is -2.20. The van der Waals surface area contributed by atoms with Crippen molar-refractivity contribution in [3.05, 3.63) is 65.2 Å². The standard InChI is InChI=1S/C17H21NO2/c1-12-10-14(8-9-16(12)20-2)17(19)15(18)11-13-6-4-3-5-7-13/h3-10,15,17,19H,11,18H2,1-2H3. The third kappa shape index (κ3) is 3.38. The van der Waals surface area contributed by atoms with Crippen LogP contribution in [0.1, 0.15) is 22.8 Å². The van der Waals surface area contributed by atoms with E-state index in [2.05, 4.69) is 0 Å². The zero-order valence-electron chi connectivity index (χ0n) is 11.9. The monoisotopic (exact) mass is 271 g/mol. The number of hydrogen-bond acceptors (Lipinski definition) is 3. The predicted octanol–water partition coefficient (Wildman–Crippen LogP) is 2.61. The molecule has 0 aliphatic carbocycles. The molecule has 0 aliphatic rings. The van der Waals surface area contributed by atoms with Gasteiger partial charge in [0.1, 0.15) is 5.75 Å². The van der Waals surface area contributed by atoms with Crippen LogP contribution in [0.15, 0.2) is 48.5 Å². The normalized spacial score (nSPS) is 13.8. The zero-order chi connectivity index (χ0) is 14.5. The van der Waals surface area contributed by atoms with Crippen molar-refractivity contribution in [3.8, 4) is 5.75 Å². The number of ether oxygens (including phenoxy) is 1. The number of aliphatic hydroxyl groups is 1. The van der Waals surface area contributed by atoms with Crippen LogP contribution in [0.5, 0.6) is 5.75 Å². The Morgan fingerprint density at radius 1 is 1.15 bits per heavy atom. The van der Waals surface area contributed by atoms with Gasteiger partial charge in [-0.3, -0.25) is 0 Å². The van der Waals surface area contributed by atoms with Crippen LogP contribution in [0.2, 0.25) is 0 Å². The van der Waals surface area contributed by atoms with Crippen molar-refractivity contribution < 1.29 is 9.84 Å². The fourth-order valence-electron chi connectivity index (χ4n) is 2.33. The van der Waals surface area contributed by atoms with Gasteiger partial charge in [0, 0.05) is 6.04 Å². The fraction of sp³-hybridized carbons (Fsp3) is 0.294. The first-order valence-corrected chi connectivity index (χ1v) is 6.74. The summed E-state index contributed by atoms with van der Waals surface area (Å²) in [7, 11) is 1.64. The molecule has 106 valence electrons. The topological polar surface area (TPSA) is 55.5 Å². The molecule has 0 fully saturated rings. The van der Waals surface area contributed by atoms with Crippen LogP contribution < -0.4 is 10.5 Å². The van der Waals surface area contributed by atoms with Crippen molar-refractivity contribution in [2.75, 3.05) is 7.11 Å². The SMILES string of the molecule is COc1ccc(C(O)C(N)Cc2ccccc2)cc1C. The maximum Gasteiger partial charge on any atom is 0.121 e. The molecule has 2 unspecified atom stereocenters. The van der Waals surface area contributed by atoms with Gasteiger partial charge in [-0.05, 0) is 42.2 Å². The van der Waals surface area contributed by atoms with E-state index >= 15 is 0 Å². The van der Waals surface area contributed by atoms with Crippen LogP contribution in [0.25, 0.3) is 0 Å². The van der Waals surface area contributed by atoms with E-state index in [1.807, 2.05) is 55.5 Å². The molecule has 0 aromatic heterocycles. The van der Waals surface area contributed by atoms with E-state index in [9.17, 15) is 5.11 Å². The summed E-state index contributed by atoms with van der Waals surface area (Å²) >= 11 is 0. The van der Waals surface area contributed by atoms with Crippen molar-refractivity contribution in [1.82, 2.24) is 0 Å². The zero-order valence-corrected chi connectivity index (χ0v) is 11.9. The number of nitrogens with two attached hydrogens (primary N) is 1. The first-order valence-electron chi connectivity index (χ1n) is 6.74. The first kappa shape index (κ1) is 14.6. The van der Waals surface area contributed by atoms with Gasteiger partial charge in [0.2, 0.25) is 0 Å². The summed E-state index contributed by atoms with van der Waals surface area (Å²) in [6.45, 7) is 1.96. The highest BCUT2D eigenvalue weighted by Crippen LogP contribution is 2.24. The molecule has 3 nitrogen and oxygen atoms in total. The second kappa shape index (κ2) is 6.55. The molecule has 2 rings (SSSR count). The van der Waals surface area contributed by atoms with E-state index in [-0.39, 0.29) is 6.04 Å². The summed E-state index contributed by atoms with van der Waals surface area (Å²) in [6.07, 6.45) is -0.0348. The maximum absolute atomic E-state index is 10.4. The fourth-order valence-corrected chi connectivity index (χ4v) is 2.33. The van der Waals surface area contributed by atoms with Gasteiger partial charge >= 0.3 is 0 Å². The van der Waals surface area contributed by atoms with Crippen molar-refractivity contribution >= 4 is 0 Å². The maximum atomic E-state index is 10.4. The van der Waals surface area contributed by atoms with Crippen LogP contribution >= 0.6 is 0 Å². The van der Waals surface area contributed by atoms with Crippen LogP contribution in [0.3, 0.4) is 0 Å². The van der Waals surface area contributed by atoms with Gasteiger partial charge in [0.05, 0.1) is 13.2 Å². The number of benzene rings is 2. The quantitative estimate of drug-likeness (QED) is 0.879. The van der Waals surface area contributed by atoms with E-state index in [0.717, 1.165) is 22.4 Å². The second-order valence-corrected chi connectivity index (χ2v) is 5.03. The third-order valence-electron chi connectivity index (χ3n) is 3.48. The Kier molecular flexibility index (Phi) is 4.77. The molecule has 0 saturated carbocycles. The Labute approximate surface area is 120 Å². The van der Waals surface area contributed by atoms with Gasteiger partial charge < -0.3 is 15.6 Å². The molecule has 20 heavy (non-hydrogen) atoms. The molecule has 0 heterocycles. The van der Waals surface area contributed by atoms with Crippen LogP contribution in [0.4, 0.5) is 0 Å². The van der Waals surface area contributed by atoms with E-state index in [0.29, 0.717) is 6.42 Å². The number of hydrogen-bond donors (Lipinski definition) is 2. The Morgan fingerprint density at radius 3 is 2.45 bits per heavy atom. The van der Waals surface area contributed by atoms with Crippen molar-refractivity contribution in [2.45, 2.75) is 25.5 Å². The molecule has 2 aromatic carbocycles. The van der Waals surface area contributed by atoms with E-state index in [1.165, 1.54) is 0 Å². The van der Waals surface area contributed by atoms with E-state index in [1.54, 1.807) is 7.11 Å². The third-order valence-corrected chi connectivity index (χ3v) is 3.48. The van der Waals surface area contributed by atoms with Gasteiger partial charge in [0.15, 0.2) is 0 Å². The molecule has 0 aliphatic heterocycles. The molecule has 3 N–H and O–H groups in total. The van der Waals surface area contributed by atoms with Gasteiger partial charge in [0.25, 0.3) is 0 Å². The molecule has 0 spiro atoms. The lowest BCUT2D eigenvalue weighted by molar-refractivity contribution is 0.146.